The molecule has 0 spiro atoms. The third-order valence-corrected chi connectivity index (χ3v) is 5.08. The molecule has 7 nitrogen and oxygen atoms in total. The summed E-state index contributed by atoms with van der Waals surface area (Å²) in [5.41, 5.74) is 3.01. The summed E-state index contributed by atoms with van der Waals surface area (Å²) in [5.74, 6) is 0.210. The van der Waals surface area contributed by atoms with Crippen LogP contribution in [0.4, 0.5) is 5.69 Å². The lowest BCUT2D eigenvalue weighted by Gasteiger charge is -2.38. The highest BCUT2D eigenvalue weighted by molar-refractivity contribution is 5.95. The van der Waals surface area contributed by atoms with Crippen LogP contribution < -0.4 is 4.90 Å². The number of imidazole rings is 1. The fraction of sp³-hybridized carbons (Fsp3) is 0.389. The van der Waals surface area contributed by atoms with Crippen LogP contribution in [0, 0.1) is 0 Å². The number of fused-ring (bicyclic) bond motifs is 1. The Labute approximate surface area is 145 Å². The fourth-order valence-corrected chi connectivity index (χ4v) is 3.72. The number of hydrogen-bond donors (Lipinski definition) is 0. The molecule has 2 aliphatic heterocycles. The van der Waals surface area contributed by atoms with Crippen molar-refractivity contribution in [3.63, 3.8) is 0 Å². The van der Waals surface area contributed by atoms with Crippen molar-refractivity contribution in [3.05, 3.63) is 48.7 Å². The van der Waals surface area contributed by atoms with Crippen molar-refractivity contribution in [2.24, 2.45) is 0 Å². The van der Waals surface area contributed by atoms with Crippen molar-refractivity contribution in [2.75, 3.05) is 24.5 Å². The van der Waals surface area contributed by atoms with Gasteiger partial charge in [0.15, 0.2) is 0 Å². The molecule has 0 N–H and O–H groups in total. The Hall–Kier alpha value is -2.67. The number of carbonyl (C=O) groups excluding carboxylic acids is 1. The van der Waals surface area contributed by atoms with Crippen molar-refractivity contribution in [1.82, 2.24) is 24.1 Å². The molecule has 0 unspecified atom stereocenters. The summed E-state index contributed by atoms with van der Waals surface area (Å²) in [6.45, 7) is 3.60. The van der Waals surface area contributed by atoms with Gasteiger partial charge >= 0.3 is 0 Å². The molecule has 25 heavy (non-hydrogen) atoms. The fourth-order valence-electron chi connectivity index (χ4n) is 3.72. The molecule has 2 saturated heterocycles. The maximum Gasteiger partial charge on any atom is 0.227 e. The second-order valence-corrected chi connectivity index (χ2v) is 6.87. The second-order valence-electron chi connectivity index (χ2n) is 6.87. The van der Waals surface area contributed by atoms with Gasteiger partial charge in [0.1, 0.15) is 5.65 Å². The molecule has 128 valence electrons. The van der Waals surface area contributed by atoms with Crippen LogP contribution in [0.5, 0.6) is 0 Å². The molecule has 3 aromatic rings. The molecule has 3 aromatic heterocycles. The Morgan fingerprint density at radius 2 is 2.12 bits per heavy atom. The lowest BCUT2D eigenvalue weighted by molar-refractivity contribution is -0.117. The van der Waals surface area contributed by atoms with Gasteiger partial charge in [0.2, 0.25) is 5.91 Å². The topological polar surface area (TPSA) is 58.7 Å². The third-order valence-electron chi connectivity index (χ3n) is 5.08. The average molecular weight is 336 g/mol. The molecule has 0 aromatic carbocycles. The molecular formula is C18H20N6O. The summed E-state index contributed by atoms with van der Waals surface area (Å²) in [4.78, 5) is 20.7. The molecule has 2 fully saturated rings. The highest BCUT2D eigenvalue weighted by Gasteiger charge is 2.30. The van der Waals surface area contributed by atoms with Crippen LogP contribution in [0.2, 0.25) is 0 Å². The van der Waals surface area contributed by atoms with E-state index in [1.54, 1.807) is 0 Å². The van der Waals surface area contributed by atoms with Gasteiger partial charge in [-0.1, -0.05) is 6.07 Å². The number of likely N-dealkylation sites (tertiary alicyclic amines) is 1. The molecular weight excluding hydrogens is 316 g/mol. The first-order valence-electron chi connectivity index (χ1n) is 8.76. The molecule has 0 bridgehead atoms. The molecule has 7 heteroatoms. The van der Waals surface area contributed by atoms with Crippen molar-refractivity contribution in [1.29, 1.82) is 0 Å². The number of pyridine rings is 1. The highest BCUT2D eigenvalue weighted by atomic mass is 16.2. The Morgan fingerprint density at radius 1 is 1.20 bits per heavy atom. The molecule has 5 rings (SSSR count). The zero-order valence-corrected chi connectivity index (χ0v) is 14.0. The van der Waals surface area contributed by atoms with E-state index in [2.05, 4.69) is 25.6 Å². The summed E-state index contributed by atoms with van der Waals surface area (Å²) in [5, 5.41) is 4.47. The normalized spacial score (nSPS) is 19.0. The van der Waals surface area contributed by atoms with E-state index in [1.807, 2.05) is 46.4 Å². The van der Waals surface area contributed by atoms with Gasteiger partial charge < -0.3 is 9.30 Å². The Kier molecular flexibility index (Phi) is 3.34. The number of nitrogens with zero attached hydrogens (tertiary/aromatic N) is 6. The van der Waals surface area contributed by atoms with Crippen molar-refractivity contribution >= 4 is 17.2 Å². The maximum absolute atomic E-state index is 11.8. The lowest BCUT2D eigenvalue weighted by atomic mass is 10.1. The zero-order chi connectivity index (χ0) is 16.8. The smallest absolute Gasteiger partial charge is 0.227 e. The van der Waals surface area contributed by atoms with Gasteiger partial charge in [0, 0.05) is 51.2 Å². The van der Waals surface area contributed by atoms with E-state index in [0.29, 0.717) is 12.5 Å². The van der Waals surface area contributed by atoms with E-state index in [9.17, 15) is 4.79 Å². The standard InChI is InChI=1S/C18H20N6O/c25-18-5-3-7-23(18)15-8-19-24(13-15)16-11-21(12-16)9-14-10-22-6-2-1-4-17(22)20-14/h1-2,4,6,8,10,13,16H,3,5,7,9,11-12H2. The quantitative estimate of drug-likeness (QED) is 0.728. The van der Waals surface area contributed by atoms with Crippen molar-refractivity contribution in [2.45, 2.75) is 25.4 Å². The van der Waals surface area contributed by atoms with Gasteiger partial charge in [-0.3, -0.25) is 14.4 Å². The van der Waals surface area contributed by atoms with Gasteiger partial charge in [-0.05, 0) is 18.6 Å². The van der Waals surface area contributed by atoms with E-state index in [1.165, 1.54) is 0 Å². The van der Waals surface area contributed by atoms with Gasteiger partial charge in [-0.15, -0.1) is 0 Å². The SMILES string of the molecule is O=C1CCCN1c1cnn(C2CN(Cc3cn4ccccc4n3)C2)c1. The number of carbonyl (C=O) groups is 1. The molecule has 0 atom stereocenters. The van der Waals surface area contributed by atoms with Crippen LogP contribution in [-0.2, 0) is 11.3 Å². The van der Waals surface area contributed by atoms with E-state index in [4.69, 9.17) is 0 Å². The molecule has 2 aliphatic rings. The van der Waals surface area contributed by atoms with Crippen LogP contribution in [0.1, 0.15) is 24.6 Å². The Morgan fingerprint density at radius 3 is 2.92 bits per heavy atom. The number of aromatic nitrogens is 4. The van der Waals surface area contributed by atoms with Crippen LogP contribution in [-0.4, -0.2) is 49.6 Å². The molecule has 5 heterocycles. The van der Waals surface area contributed by atoms with Gasteiger partial charge in [0.25, 0.3) is 0 Å². The van der Waals surface area contributed by atoms with E-state index in [-0.39, 0.29) is 5.91 Å². The summed E-state index contributed by atoms with van der Waals surface area (Å²) < 4.78 is 4.06. The maximum atomic E-state index is 11.8. The minimum Gasteiger partial charge on any atom is -0.309 e. The Balaban J connectivity index is 1.21. The zero-order valence-electron chi connectivity index (χ0n) is 14.0. The average Bonchev–Trinajstić information content (AvgIpc) is 3.28. The Bertz CT molecular complexity index is 889. The van der Waals surface area contributed by atoms with Crippen LogP contribution in [0.25, 0.3) is 5.65 Å². The summed E-state index contributed by atoms with van der Waals surface area (Å²) in [6.07, 6.45) is 9.54. The van der Waals surface area contributed by atoms with Crippen LogP contribution in [0.15, 0.2) is 43.0 Å². The third kappa shape index (κ3) is 2.60. The highest BCUT2D eigenvalue weighted by Crippen LogP contribution is 2.26. The first-order valence-corrected chi connectivity index (χ1v) is 8.76. The monoisotopic (exact) mass is 336 g/mol. The first-order chi connectivity index (χ1) is 12.3. The van der Waals surface area contributed by atoms with Crippen LogP contribution in [0.3, 0.4) is 0 Å². The van der Waals surface area contributed by atoms with Gasteiger partial charge in [-0.2, -0.15) is 5.10 Å². The number of hydrogen-bond acceptors (Lipinski definition) is 4. The first kappa shape index (κ1) is 14.7. The molecule has 1 amide bonds. The molecule has 0 aliphatic carbocycles. The predicted octanol–water partition coefficient (Wildman–Crippen LogP) is 1.71. The number of anilines is 1. The number of amides is 1. The summed E-state index contributed by atoms with van der Waals surface area (Å²) >= 11 is 0. The molecule has 0 saturated carbocycles. The van der Waals surface area contributed by atoms with E-state index >= 15 is 0 Å². The van der Waals surface area contributed by atoms with Crippen molar-refractivity contribution < 1.29 is 4.79 Å². The van der Waals surface area contributed by atoms with Gasteiger partial charge in [0.05, 0.1) is 23.6 Å². The predicted molar refractivity (Wildman–Crippen MR) is 93.3 cm³/mol. The van der Waals surface area contributed by atoms with E-state index in [0.717, 1.165) is 49.6 Å². The molecule has 0 radical (unpaired) electrons. The van der Waals surface area contributed by atoms with Crippen LogP contribution >= 0.6 is 0 Å². The summed E-state index contributed by atoms with van der Waals surface area (Å²) in [7, 11) is 0. The number of rotatable bonds is 4. The lowest BCUT2D eigenvalue weighted by Crippen LogP contribution is -2.47. The minimum absolute atomic E-state index is 0.210. The largest absolute Gasteiger partial charge is 0.309 e. The van der Waals surface area contributed by atoms with Gasteiger partial charge in [-0.25, -0.2) is 4.98 Å². The second kappa shape index (κ2) is 5.70. The summed E-state index contributed by atoms with van der Waals surface area (Å²) in [6, 6.07) is 6.42. The van der Waals surface area contributed by atoms with E-state index < -0.39 is 0 Å². The minimum atomic E-state index is 0.210. The van der Waals surface area contributed by atoms with Crippen molar-refractivity contribution in [3.8, 4) is 0 Å².